The Labute approximate surface area is 115 Å². The van der Waals surface area contributed by atoms with Crippen LogP contribution in [-0.2, 0) is 0 Å². The van der Waals surface area contributed by atoms with Crippen molar-refractivity contribution in [2.24, 2.45) is 0 Å². The average Bonchev–Trinajstić information content (AvgIpc) is 2.39. The van der Waals surface area contributed by atoms with Crippen molar-refractivity contribution in [2.75, 3.05) is 5.32 Å². The Morgan fingerprint density at radius 3 is 2.21 bits per heavy atom. The van der Waals surface area contributed by atoms with E-state index in [0.29, 0.717) is 0 Å². The van der Waals surface area contributed by atoms with Gasteiger partial charge in [-0.3, -0.25) is 0 Å². The molecule has 1 unspecified atom stereocenters. The molecule has 4 heteroatoms. The smallest absolute Gasteiger partial charge is 0.319 e. The van der Waals surface area contributed by atoms with Crippen LogP contribution in [0, 0.1) is 0 Å². The molecule has 1 aromatic carbocycles. The molecule has 0 saturated carbocycles. The summed E-state index contributed by atoms with van der Waals surface area (Å²) < 4.78 is 0. The second kappa shape index (κ2) is 6.57. The van der Waals surface area contributed by atoms with Crippen LogP contribution < -0.4 is 10.6 Å². The molecule has 0 heterocycles. The minimum Gasteiger partial charge on any atom is -0.389 e. The molecule has 0 bridgehead atoms. The molecule has 0 radical (unpaired) electrons. The van der Waals surface area contributed by atoms with Gasteiger partial charge in [0.05, 0.1) is 6.10 Å². The first-order chi connectivity index (χ1) is 8.90. The maximum Gasteiger partial charge on any atom is 0.319 e. The maximum absolute atomic E-state index is 11.9. The monoisotopic (exact) mass is 264 g/mol. The van der Waals surface area contributed by atoms with Gasteiger partial charge in [-0.1, -0.05) is 26.0 Å². The van der Waals surface area contributed by atoms with Gasteiger partial charge in [0.1, 0.15) is 0 Å². The Hall–Kier alpha value is -1.55. The van der Waals surface area contributed by atoms with E-state index in [1.54, 1.807) is 31.2 Å². The molecule has 0 aliphatic heterocycles. The van der Waals surface area contributed by atoms with Gasteiger partial charge in [0.15, 0.2) is 0 Å². The van der Waals surface area contributed by atoms with Crippen molar-refractivity contribution in [3.63, 3.8) is 0 Å². The van der Waals surface area contributed by atoms with Crippen LogP contribution in [-0.4, -0.2) is 16.7 Å². The van der Waals surface area contributed by atoms with Crippen molar-refractivity contribution in [2.45, 2.75) is 52.2 Å². The Bertz CT molecular complexity index is 409. The van der Waals surface area contributed by atoms with Gasteiger partial charge >= 0.3 is 6.03 Å². The third kappa shape index (κ3) is 4.56. The van der Waals surface area contributed by atoms with Crippen molar-refractivity contribution in [3.05, 3.63) is 29.8 Å². The van der Waals surface area contributed by atoms with Gasteiger partial charge in [0.25, 0.3) is 0 Å². The molecule has 1 aromatic rings. The molecule has 1 rings (SSSR count). The van der Waals surface area contributed by atoms with E-state index in [0.717, 1.165) is 24.1 Å². The zero-order valence-corrected chi connectivity index (χ0v) is 12.2. The van der Waals surface area contributed by atoms with Gasteiger partial charge in [-0.25, -0.2) is 4.79 Å². The summed E-state index contributed by atoms with van der Waals surface area (Å²) in [5.41, 5.74) is 1.37. The number of nitrogens with one attached hydrogen (secondary N) is 2. The Balaban J connectivity index is 2.62. The average molecular weight is 264 g/mol. The second-order valence-corrected chi connectivity index (χ2v) is 5.14. The summed E-state index contributed by atoms with van der Waals surface area (Å²) in [6, 6.07) is 6.99. The number of anilines is 1. The summed E-state index contributed by atoms with van der Waals surface area (Å²) in [6.45, 7) is 7.86. The topological polar surface area (TPSA) is 61.4 Å². The largest absolute Gasteiger partial charge is 0.389 e. The van der Waals surface area contributed by atoms with Crippen molar-refractivity contribution in [1.82, 2.24) is 5.32 Å². The number of hydrogen-bond acceptors (Lipinski definition) is 2. The van der Waals surface area contributed by atoms with Gasteiger partial charge in [-0.05, 0) is 44.4 Å². The van der Waals surface area contributed by atoms with Gasteiger partial charge in [-0.2, -0.15) is 0 Å². The highest BCUT2D eigenvalue weighted by Gasteiger charge is 2.21. The number of aliphatic hydroxyl groups is 1. The first kappa shape index (κ1) is 15.5. The summed E-state index contributed by atoms with van der Waals surface area (Å²) in [4.78, 5) is 11.9. The van der Waals surface area contributed by atoms with Crippen LogP contribution in [0.25, 0.3) is 0 Å². The number of rotatable bonds is 5. The summed E-state index contributed by atoms with van der Waals surface area (Å²) in [7, 11) is 0. The summed E-state index contributed by atoms with van der Waals surface area (Å²) in [6.07, 6.45) is 1.28. The Morgan fingerprint density at radius 2 is 1.79 bits per heavy atom. The third-order valence-corrected chi connectivity index (χ3v) is 3.63. The number of carbonyl (C=O) groups is 1. The highest BCUT2D eigenvalue weighted by molar-refractivity contribution is 5.89. The minimum atomic E-state index is -0.494. The predicted octanol–water partition coefficient (Wildman–Crippen LogP) is 3.44. The summed E-state index contributed by atoms with van der Waals surface area (Å²) in [5, 5.41) is 15.2. The van der Waals surface area contributed by atoms with Gasteiger partial charge in [-0.15, -0.1) is 0 Å². The van der Waals surface area contributed by atoms with Crippen LogP contribution in [0.4, 0.5) is 10.5 Å². The number of amides is 2. The number of urea groups is 1. The van der Waals surface area contributed by atoms with E-state index in [1.165, 1.54) is 0 Å². The quantitative estimate of drug-likeness (QED) is 0.763. The van der Waals surface area contributed by atoms with E-state index < -0.39 is 6.10 Å². The highest BCUT2D eigenvalue weighted by atomic mass is 16.3. The molecule has 4 nitrogen and oxygen atoms in total. The fourth-order valence-corrected chi connectivity index (χ4v) is 1.71. The molecule has 1 atom stereocenters. The van der Waals surface area contributed by atoms with E-state index in [4.69, 9.17) is 0 Å². The van der Waals surface area contributed by atoms with Gasteiger partial charge in [0, 0.05) is 11.2 Å². The molecule has 106 valence electrons. The van der Waals surface area contributed by atoms with Crippen LogP contribution in [0.15, 0.2) is 24.3 Å². The second-order valence-electron chi connectivity index (χ2n) is 5.14. The zero-order chi connectivity index (χ0) is 14.5. The SMILES string of the molecule is CCC(C)(CC)NC(=O)Nc1ccc(C(C)O)cc1. The molecule has 0 spiro atoms. The molecule has 19 heavy (non-hydrogen) atoms. The zero-order valence-electron chi connectivity index (χ0n) is 12.2. The van der Waals surface area contributed by atoms with Crippen LogP contribution in [0.5, 0.6) is 0 Å². The Kier molecular flexibility index (Phi) is 5.36. The molecule has 3 N–H and O–H groups in total. The van der Waals surface area contributed by atoms with E-state index in [-0.39, 0.29) is 11.6 Å². The summed E-state index contributed by atoms with van der Waals surface area (Å²) >= 11 is 0. The van der Waals surface area contributed by atoms with E-state index in [2.05, 4.69) is 24.5 Å². The third-order valence-electron chi connectivity index (χ3n) is 3.63. The number of hydrogen-bond donors (Lipinski definition) is 3. The van der Waals surface area contributed by atoms with Crippen molar-refractivity contribution < 1.29 is 9.90 Å². The lowest BCUT2D eigenvalue weighted by Gasteiger charge is -2.28. The fraction of sp³-hybridized carbons (Fsp3) is 0.533. The first-order valence-corrected chi connectivity index (χ1v) is 6.77. The lowest BCUT2D eigenvalue weighted by Crippen LogP contribution is -2.46. The predicted molar refractivity (Wildman–Crippen MR) is 78.2 cm³/mol. The number of carbonyl (C=O) groups excluding carboxylic acids is 1. The lowest BCUT2D eigenvalue weighted by atomic mass is 9.96. The van der Waals surface area contributed by atoms with Crippen molar-refractivity contribution in [1.29, 1.82) is 0 Å². The molecule has 0 saturated heterocycles. The lowest BCUT2D eigenvalue weighted by molar-refractivity contribution is 0.199. The standard InChI is InChI=1S/C15H24N2O2/c1-5-15(4,6-2)17-14(19)16-13-9-7-12(8-10-13)11(3)18/h7-11,18H,5-6H2,1-4H3,(H2,16,17,19). The molecule has 2 amide bonds. The molecular weight excluding hydrogens is 240 g/mol. The van der Waals surface area contributed by atoms with E-state index >= 15 is 0 Å². The summed E-state index contributed by atoms with van der Waals surface area (Å²) in [5.74, 6) is 0. The molecule has 0 aromatic heterocycles. The van der Waals surface area contributed by atoms with Crippen LogP contribution >= 0.6 is 0 Å². The highest BCUT2D eigenvalue weighted by Crippen LogP contribution is 2.17. The van der Waals surface area contributed by atoms with Gasteiger partial charge < -0.3 is 15.7 Å². The molecule has 0 aliphatic rings. The van der Waals surface area contributed by atoms with Crippen LogP contribution in [0.1, 0.15) is 52.2 Å². The van der Waals surface area contributed by atoms with Crippen LogP contribution in [0.3, 0.4) is 0 Å². The van der Waals surface area contributed by atoms with Crippen molar-refractivity contribution >= 4 is 11.7 Å². The number of benzene rings is 1. The van der Waals surface area contributed by atoms with Gasteiger partial charge in [0.2, 0.25) is 0 Å². The van der Waals surface area contributed by atoms with E-state index in [9.17, 15) is 9.90 Å². The van der Waals surface area contributed by atoms with E-state index in [1.807, 2.05) is 6.92 Å². The minimum absolute atomic E-state index is 0.177. The molecule has 0 aliphatic carbocycles. The maximum atomic E-state index is 11.9. The molecular formula is C15H24N2O2. The Morgan fingerprint density at radius 1 is 1.26 bits per heavy atom. The van der Waals surface area contributed by atoms with Crippen LogP contribution in [0.2, 0.25) is 0 Å². The fourth-order valence-electron chi connectivity index (χ4n) is 1.71. The number of aliphatic hydroxyl groups excluding tert-OH is 1. The van der Waals surface area contributed by atoms with Crippen molar-refractivity contribution in [3.8, 4) is 0 Å². The molecule has 0 fully saturated rings. The first-order valence-electron chi connectivity index (χ1n) is 6.77. The normalized spacial score (nSPS) is 12.9.